The van der Waals surface area contributed by atoms with E-state index in [1.807, 2.05) is 0 Å². The molecule has 0 aromatic carbocycles. The molecule has 0 radical (unpaired) electrons. The Morgan fingerprint density at radius 2 is 2.15 bits per heavy atom. The Balaban J connectivity index is 1.75. The Hall–Kier alpha value is -1.49. The number of methoxy groups -OCH3 is 1. The van der Waals surface area contributed by atoms with Crippen molar-refractivity contribution in [2.45, 2.75) is 44.7 Å². The number of nitrogens with one attached hydrogen (secondary N) is 1. The molecule has 0 saturated heterocycles. The van der Waals surface area contributed by atoms with E-state index in [0.717, 1.165) is 35.5 Å². The smallest absolute Gasteiger partial charge is 0.357 e. The number of rotatable bonds is 2. The van der Waals surface area contributed by atoms with Crippen molar-refractivity contribution in [3.05, 3.63) is 22.8 Å². The van der Waals surface area contributed by atoms with Crippen LogP contribution < -0.4 is 5.32 Å². The normalized spacial score (nSPS) is 30.6. The number of carbonyl (C=O) groups excluding carboxylic acids is 1. The second kappa shape index (κ2) is 4.52. The maximum atomic E-state index is 12.0. The van der Waals surface area contributed by atoms with Gasteiger partial charge in [-0.15, -0.1) is 0 Å². The predicted molar refractivity (Wildman–Crippen MR) is 72.1 cm³/mol. The minimum atomic E-state index is -0.336. The van der Waals surface area contributed by atoms with Crippen molar-refractivity contribution in [3.63, 3.8) is 0 Å². The van der Waals surface area contributed by atoms with Crippen molar-refractivity contribution in [2.75, 3.05) is 7.11 Å². The summed E-state index contributed by atoms with van der Waals surface area (Å²) in [6, 6.07) is 0. The van der Waals surface area contributed by atoms with E-state index in [0.29, 0.717) is 18.2 Å². The van der Waals surface area contributed by atoms with E-state index in [2.05, 4.69) is 10.3 Å². The van der Waals surface area contributed by atoms with Crippen molar-refractivity contribution in [1.82, 2.24) is 15.3 Å². The summed E-state index contributed by atoms with van der Waals surface area (Å²) in [4.78, 5) is 21.3. The number of aromatic nitrogens is 2. The highest BCUT2D eigenvalue weighted by Crippen LogP contribution is 2.52. The van der Waals surface area contributed by atoms with Crippen molar-refractivity contribution in [2.24, 2.45) is 11.8 Å². The highest BCUT2D eigenvalue weighted by Gasteiger charge is 2.42. The van der Waals surface area contributed by atoms with Crippen LogP contribution in [0.3, 0.4) is 0 Å². The highest BCUT2D eigenvalue weighted by atomic mass is 16.5. The first-order chi connectivity index (χ1) is 9.76. The number of esters is 1. The van der Waals surface area contributed by atoms with Gasteiger partial charge in [-0.1, -0.05) is 6.42 Å². The first-order valence-corrected chi connectivity index (χ1v) is 7.45. The van der Waals surface area contributed by atoms with Crippen molar-refractivity contribution >= 4 is 5.97 Å². The fourth-order valence-corrected chi connectivity index (χ4v) is 4.18. The first kappa shape index (κ1) is 12.3. The van der Waals surface area contributed by atoms with Gasteiger partial charge in [0.2, 0.25) is 0 Å². The molecular weight excluding hydrogens is 254 g/mol. The lowest BCUT2D eigenvalue weighted by Gasteiger charge is -2.21. The Morgan fingerprint density at radius 3 is 2.85 bits per heavy atom. The van der Waals surface area contributed by atoms with Gasteiger partial charge in [0.25, 0.3) is 0 Å². The lowest BCUT2D eigenvalue weighted by molar-refractivity contribution is 0.0591. The van der Waals surface area contributed by atoms with Crippen molar-refractivity contribution < 1.29 is 9.53 Å². The summed E-state index contributed by atoms with van der Waals surface area (Å²) in [7, 11) is 1.41. The molecule has 1 aromatic heterocycles. The quantitative estimate of drug-likeness (QED) is 0.832. The molecule has 1 aromatic rings. The van der Waals surface area contributed by atoms with Gasteiger partial charge in [-0.3, -0.25) is 0 Å². The van der Waals surface area contributed by atoms with E-state index in [-0.39, 0.29) is 5.97 Å². The summed E-state index contributed by atoms with van der Waals surface area (Å²) in [5.41, 5.74) is 2.38. The average Bonchev–Trinajstić information content (AvgIpc) is 3.20. The van der Waals surface area contributed by atoms with Gasteiger partial charge in [0.05, 0.1) is 12.8 Å². The fourth-order valence-electron chi connectivity index (χ4n) is 4.18. The molecule has 2 saturated carbocycles. The summed E-state index contributed by atoms with van der Waals surface area (Å²) in [6.07, 6.45) is 5.16. The molecule has 1 aliphatic heterocycles. The van der Waals surface area contributed by atoms with Gasteiger partial charge in [-0.05, 0) is 31.1 Å². The molecule has 3 atom stereocenters. The first-order valence-electron chi connectivity index (χ1n) is 7.45. The zero-order valence-corrected chi connectivity index (χ0v) is 11.7. The molecule has 4 rings (SSSR count). The highest BCUT2D eigenvalue weighted by molar-refractivity contribution is 5.89. The number of fused-ring (bicyclic) bond motifs is 3. The topological polar surface area (TPSA) is 64.1 Å². The molecular formula is C15H19N3O2. The van der Waals surface area contributed by atoms with Crippen molar-refractivity contribution in [3.8, 4) is 0 Å². The number of nitrogens with zero attached hydrogens (tertiary/aromatic N) is 2. The molecule has 106 valence electrons. The summed E-state index contributed by atoms with van der Waals surface area (Å²) >= 11 is 0. The largest absolute Gasteiger partial charge is 0.464 e. The monoisotopic (exact) mass is 273 g/mol. The van der Waals surface area contributed by atoms with Gasteiger partial charge in [0.1, 0.15) is 5.82 Å². The summed E-state index contributed by atoms with van der Waals surface area (Å²) in [6.45, 7) is 1.40. The SMILES string of the molecule is COC(=O)c1nc(C2CC3CCC2C3)nc2c1CNC2. The van der Waals surface area contributed by atoms with Crippen LogP contribution in [0.15, 0.2) is 0 Å². The van der Waals surface area contributed by atoms with Gasteiger partial charge in [-0.2, -0.15) is 0 Å². The molecule has 0 amide bonds. The molecule has 0 spiro atoms. The molecule has 2 heterocycles. The van der Waals surface area contributed by atoms with Crippen LogP contribution in [0.5, 0.6) is 0 Å². The minimum Gasteiger partial charge on any atom is -0.464 e. The van der Waals surface area contributed by atoms with Crippen LogP contribution in [-0.4, -0.2) is 23.0 Å². The van der Waals surface area contributed by atoms with E-state index >= 15 is 0 Å². The molecule has 2 bridgehead atoms. The minimum absolute atomic E-state index is 0.336. The summed E-state index contributed by atoms with van der Waals surface area (Å²) in [5, 5.41) is 3.25. The van der Waals surface area contributed by atoms with E-state index in [1.54, 1.807) is 0 Å². The zero-order chi connectivity index (χ0) is 13.7. The predicted octanol–water partition coefficient (Wildman–Crippen LogP) is 1.77. The van der Waals surface area contributed by atoms with E-state index in [9.17, 15) is 4.79 Å². The lowest BCUT2D eigenvalue weighted by Crippen LogP contribution is -2.18. The molecule has 3 aliphatic rings. The van der Waals surface area contributed by atoms with E-state index < -0.39 is 0 Å². The van der Waals surface area contributed by atoms with Crippen LogP contribution in [0.25, 0.3) is 0 Å². The zero-order valence-electron chi connectivity index (χ0n) is 11.7. The van der Waals surface area contributed by atoms with E-state index in [1.165, 1.54) is 32.8 Å². The fraction of sp³-hybridized carbons (Fsp3) is 0.667. The van der Waals surface area contributed by atoms with E-state index in [4.69, 9.17) is 9.72 Å². The second-order valence-corrected chi connectivity index (χ2v) is 6.23. The number of carbonyl (C=O) groups is 1. The van der Waals surface area contributed by atoms with Gasteiger partial charge in [0.15, 0.2) is 5.69 Å². The second-order valence-electron chi connectivity index (χ2n) is 6.23. The molecule has 20 heavy (non-hydrogen) atoms. The Bertz CT molecular complexity index is 572. The van der Waals surface area contributed by atoms with Gasteiger partial charge < -0.3 is 10.1 Å². The molecule has 2 aliphatic carbocycles. The Labute approximate surface area is 118 Å². The molecule has 1 N–H and O–H groups in total. The molecule has 3 unspecified atom stereocenters. The van der Waals surface area contributed by atoms with Gasteiger partial charge in [-0.25, -0.2) is 14.8 Å². The summed E-state index contributed by atoms with van der Waals surface area (Å²) < 4.78 is 4.88. The third kappa shape index (κ3) is 1.76. The molecule has 5 nitrogen and oxygen atoms in total. The van der Waals surface area contributed by atoms with Crippen LogP contribution in [0.1, 0.15) is 59.2 Å². The maximum absolute atomic E-state index is 12.0. The Morgan fingerprint density at radius 1 is 1.25 bits per heavy atom. The lowest BCUT2D eigenvalue weighted by atomic mass is 9.88. The maximum Gasteiger partial charge on any atom is 0.357 e. The van der Waals surface area contributed by atoms with Crippen LogP contribution in [-0.2, 0) is 17.8 Å². The number of ether oxygens (including phenoxy) is 1. The third-order valence-electron chi connectivity index (χ3n) is 5.15. The van der Waals surface area contributed by atoms with Gasteiger partial charge >= 0.3 is 5.97 Å². The van der Waals surface area contributed by atoms with Crippen LogP contribution >= 0.6 is 0 Å². The van der Waals surface area contributed by atoms with Crippen LogP contribution in [0.2, 0.25) is 0 Å². The Kier molecular flexibility index (Phi) is 2.77. The van der Waals surface area contributed by atoms with Crippen molar-refractivity contribution in [1.29, 1.82) is 0 Å². The van der Waals surface area contributed by atoms with Crippen LogP contribution in [0.4, 0.5) is 0 Å². The van der Waals surface area contributed by atoms with Crippen LogP contribution in [0, 0.1) is 11.8 Å². The standard InChI is InChI=1S/C15H19N3O2/c1-20-15(19)13-11-6-16-7-12(11)17-14(18-13)10-5-8-2-3-9(10)4-8/h8-10,16H,2-7H2,1H3. The number of hydrogen-bond acceptors (Lipinski definition) is 5. The summed E-state index contributed by atoms with van der Waals surface area (Å²) in [5.74, 6) is 2.55. The van der Waals surface area contributed by atoms with Gasteiger partial charge in [0, 0.05) is 24.6 Å². The average molecular weight is 273 g/mol. The molecule has 2 fully saturated rings. The third-order valence-corrected chi connectivity index (χ3v) is 5.15. The number of hydrogen-bond donors (Lipinski definition) is 1. The molecule has 5 heteroatoms.